The summed E-state index contributed by atoms with van der Waals surface area (Å²) in [5.74, 6) is 0.492. The molecule has 24 heavy (non-hydrogen) atoms. The highest BCUT2D eigenvalue weighted by atomic mass is 16.6. The van der Waals surface area contributed by atoms with Crippen molar-refractivity contribution >= 4 is 17.6 Å². The predicted molar refractivity (Wildman–Crippen MR) is 93.5 cm³/mol. The number of non-ortho nitro benzene ring substituents is 1. The van der Waals surface area contributed by atoms with E-state index < -0.39 is 4.92 Å². The summed E-state index contributed by atoms with van der Waals surface area (Å²) in [6, 6.07) is 9.44. The first-order chi connectivity index (χ1) is 11.5. The van der Waals surface area contributed by atoms with Gasteiger partial charge in [0.05, 0.1) is 17.2 Å². The number of nitrogens with zero attached hydrogens (tertiary/aromatic N) is 2. The second-order valence-electron chi connectivity index (χ2n) is 4.98. The van der Waals surface area contributed by atoms with Crippen LogP contribution in [0.2, 0.25) is 0 Å². The molecular formula is C18H18N2O4. The van der Waals surface area contributed by atoms with Crippen LogP contribution in [-0.4, -0.2) is 22.9 Å². The first kappa shape index (κ1) is 17.2. The molecule has 0 bridgehead atoms. The zero-order valence-corrected chi connectivity index (χ0v) is 13.3. The number of aliphatic imine (C=N–C) groups is 1. The van der Waals surface area contributed by atoms with Gasteiger partial charge in [0.15, 0.2) is 11.5 Å². The molecule has 0 radical (unpaired) electrons. The van der Waals surface area contributed by atoms with Crippen molar-refractivity contribution in [1.29, 1.82) is 0 Å². The minimum absolute atomic E-state index is 0.0190. The topological polar surface area (TPSA) is 85.0 Å². The summed E-state index contributed by atoms with van der Waals surface area (Å²) in [6.45, 7) is 5.95. The van der Waals surface area contributed by atoms with Crippen LogP contribution in [0.4, 0.5) is 11.4 Å². The highest BCUT2D eigenvalue weighted by Crippen LogP contribution is 2.32. The Kier molecular flexibility index (Phi) is 5.68. The number of benzene rings is 2. The smallest absolute Gasteiger partial charge is 0.269 e. The van der Waals surface area contributed by atoms with E-state index in [1.54, 1.807) is 36.6 Å². The molecule has 0 aliphatic carbocycles. The van der Waals surface area contributed by atoms with Gasteiger partial charge in [-0.15, -0.1) is 6.58 Å². The van der Waals surface area contributed by atoms with E-state index >= 15 is 0 Å². The zero-order valence-electron chi connectivity index (χ0n) is 13.3. The number of rotatable bonds is 7. The number of hydrogen-bond donors (Lipinski definition) is 1. The SMILES string of the molecule is C=CCc1cc(C=Nc2ccc([N+](=O)[O-])cc2)cc(OCC)c1O. The Morgan fingerprint density at radius 2 is 2.04 bits per heavy atom. The van der Waals surface area contributed by atoms with Crippen molar-refractivity contribution in [2.45, 2.75) is 13.3 Å². The molecule has 0 saturated carbocycles. The standard InChI is InChI=1S/C18H18N2O4/c1-3-5-14-10-13(11-17(18(14)21)24-4-2)12-19-15-6-8-16(9-7-15)20(22)23/h3,6-12,21H,1,4-5H2,2H3. The van der Waals surface area contributed by atoms with Gasteiger partial charge in [0.1, 0.15) is 0 Å². The van der Waals surface area contributed by atoms with Crippen molar-refractivity contribution in [2.75, 3.05) is 6.61 Å². The van der Waals surface area contributed by atoms with Crippen LogP contribution in [-0.2, 0) is 6.42 Å². The van der Waals surface area contributed by atoms with Crippen LogP contribution in [0.3, 0.4) is 0 Å². The fourth-order valence-electron chi connectivity index (χ4n) is 2.15. The molecule has 0 spiro atoms. The van der Waals surface area contributed by atoms with E-state index in [1.807, 2.05) is 6.92 Å². The molecule has 0 amide bonds. The number of ether oxygens (including phenoxy) is 1. The largest absolute Gasteiger partial charge is 0.504 e. The van der Waals surface area contributed by atoms with Crippen LogP contribution in [0.15, 0.2) is 54.0 Å². The number of allylic oxidation sites excluding steroid dienone is 1. The molecule has 2 aromatic rings. The maximum atomic E-state index is 10.6. The fourth-order valence-corrected chi connectivity index (χ4v) is 2.15. The van der Waals surface area contributed by atoms with Crippen molar-refractivity contribution in [3.8, 4) is 11.5 Å². The fraction of sp³-hybridized carbons (Fsp3) is 0.167. The zero-order chi connectivity index (χ0) is 17.5. The molecule has 0 fully saturated rings. The van der Waals surface area contributed by atoms with Gasteiger partial charge in [-0.2, -0.15) is 0 Å². The molecule has 2 aromatic carbocycles. The number of nitro groups is 1. The molecule has 0 unspecified atom stereocenters. The molecule has 0 aromatic heterocycles. The molecule has 0 heterocycles. The van der Waals surface area contributed by atoms with Crippen molar-refractivity contribution in [1.82, 2.24) is 0 Å². The molecule has 124 valence electrons. The third kappa shape index (κ3) is 4.19. The molecule has 0 aliphatic heterocycles. The Labute approximate surface area is 139 Å². The third-order valence-electron chi connectivity index (χ3n) is 3.26. The van der Waals surface area contributed by atoms with Crippen LogP contribution < -0.4 is 4.74 Å². The van der Waals surface area contributed by atoms with Gasteiger partial charge in [0.25, 0.3) is 5.69 Å². The van der Waals surface area contributed by atoms with Crippen molar-refractivity contribution < 1.29 is 14.8 Å². The number of phenolic OH excluding ortho intramolecular Hbond substituents is 1. The highest BCUT2D eigenvalue weighted by Gasteiger charge is 2.09. The summed E-state index contributed by atoms with van der Waals surface area (Å²) in [5, 5.41) is 20.8. The van der Waals surface area contributed by atoms with E-state index in [4.69, 9.17) is 4.74 Å². The predicted octanol–water partition coefficient (Wildman–Crippen LogP) is 4.18. The van der Waals surface area contributed by atoms with Crippen molar-refractivity contribution in [3.63, 3.8) is 0 Å². The lowest BCUT2D eigenvalue weighted by Gasteiger charge is -2.10. The maximum Gasteiger partial charge on any atom is 0.269 e. The average Bonchev–Trinajstić information content (AvgIpc) is 2.57. The molecule has 0 saturated heterocycles. The van der Waals surface area contributed by atoms with Crippen molar-refractivity contribution in [2.24, 2.45) is 4.99 Å². The Morgan fingerprint density at radius 3 is 2.62 bits per heavy atom. The Morgan fingerprint density at radius 1 is 1.33 bits per heavy atom. The van der Waals surface area contributed by atoms with Gasteiger partial charge in [0.2, 0.25) is 0 Å². The van der Waals surface area contributed by atoms with Crippen molar-refractivity contribution in [3.05, 3.63) is 70.3 Å². The molecule has 2 rings (SSSR count). The van der Waals surface area contributed by atoms with Crippen LogP contribution in [0.5, 0.6) is 11.5 Å². The van der Waals surface area contributed by atoms with E-state index in [-0.39, 0.29) is 11.4 Å². The van der Waals surface area contributed by atoms with Crippen LogP contribution in [0.1, 0.15) is 18.1 Å². The second-order valence-corrected chi connectivity index (χ2v) is 4.98. The monoisotopic (exact) mass is 326 g/mol. The van der Waals surface area contributed by atoms with Gasteiger partial charge in [-0.25, -0.2) is 0 Å². The lowest BCUT2D eigenvalue weighted by molar-refractivity contribution is -0.384. The summed E-state index contributed by atoms with van der Waals surface area (Å²) >= 11 is 0. The Bertz CT molecular complexity index is 767. The molecule has 0 atom stereocenters. The Balaban J connectivity index is 2.30. The first-order valence-corrected chi connectivity index (χ1v) is 7.43. The summed E-state index contributed by atoms with van der Waals surface area (Å²) in [5.41, 5.74) is 2.06. The van der Waals surface area contributed by atoms with Gasteiger partial charge in [0, 0.05) is 23.9 Å². The average molecular weight is 326 g/mol. The first-order valence-electron chi connectivity index (χ1n) is 7.43. The molecule has 6 nitrogen and oxygen atoms in total. The summed E-state index contributed by atoms with van der Waals surface area (Å²) in [7, 11) is 0. The number of phenols is 1. The quantitative estimate of drug-likeness (QED) is 0.358. The van der Waals surface area contributed by atoms with Gasteiger partial charge in [-0.1, -0.05) is 6.08 Å². The maximum absolute atomic E-state index is 10.6. The van der Waals surface area contributed by atoms with Gasteiger partial charge in [-0.3, -0.25) is 15.1 Å². The van der Waals surface area contributed by atoms with Crippen LogP contribution in [0.25, 0.3) is 0 Å². The summed E-state index contributed by atoms with van der Waals surface area (Å²) in [4.78, 5) is 14.5. The number of nitro benzene ring substituents is 1. The van der Waals surface area contributed by atoms with Gasteiger partial charge >= 0.3 is 0 Å². The Hall–Kier alpha value is -3.15. The minimum atomic E-state index is -0.455. The molecular weight excluding hydrogens is 308 g/mol. The minimum Gasteiger partial charge on any atom is -0.504 e. The normalized spacial score (nSPS) is 10.7. The van der Waals surface area contributed by atoms with Gasteiger partial charge in [-0.05, 0) is 43.2 Å². The molecule has 6 heteroatoms. The molecule has 0 aliphatic rings. The van der Waals surface area contributed by atoms with E-state index in [0.29, 0.717) is 30.0 Å². The van der Waals surface area contributed by atoms with E-state index in [9.17, 15) is 15.2 Å². The third-order valence-corrected chi connectivity index (χ3v) is 3.26. The highest BCUT2D eigenvalue weighted by molar-refractivity contribution is 5.83. The lowest BCUT2D eigenvalue weighted by atomic mass is 10.1. The summed E-state index contributed by atoms with van der Waals surface area (Å²) < 4.78 is 5.44. The number of hydrogen-bond acceptors (Lipinski definition) is 5. The van der Waals surface area contributed by atoms with Crippen LogP contribution >= 0.6 is 0 Å². The van der Waals surface area contributed by atoms with Gasteiger partial charge < -0.3 is 9.84 Å². The van der Waals surface area contributed by atoms with Crippen LogP contribution in [0, 0.1) is 10.1 Å². The van der Waals surface area contributed by atoms with E-state index in [0.717, 1.165) is 5.56 Å². The number of aromatic hydroxyl groups is 1. The van der Waals surface area contributed by atoms with E-state index in [2.05, 4.69) is 11.6 Å². The lowest BCUT2D eigenvalue weighted by Crippen LogP contribution is -1.96. The van der Waals surface area contributed by atoms with E-state index in [1.165, 1.54) is 12.1 Å². The second kappa shape index (κ2) is 7.92. The summed E-state index contributed by atoms with van der Waals surface area (Å²) in [6.07, 6.45) is 3.82. The molecule has 1 N–H and O–H groups in total.